The van der Waals surface area contributed by atoms with Gasteiger partial charge in [0.25, 0.3) is 5.91 Å². The highest BCUT2D eigenvalue weighted by atomic mass is 16.5. The molecule has 0 aliphatic rings. The van der Waals surface area contributed by atoms with E-state index in [0.717, 1.165) is 37.9 Å². The molecule has 5 nitrogen and oxygen atoms in total. The molecule has 0 spiro atoms. The van der Waals surface area contributed by atoms with Crippen LogP contribution in [0.4, 0.5) is 0 Å². The molecule has 0 heterocycles. The van der Waals surface area contributed by atoms with E-state index in [9.17, 15) is 9.59 Å². The number of benzene rings is 1. The molecule has 0 atom stereocenters. The first-order chi connectivity index (χ1) is 10.1. The second-order valence-electron chi connectivity index (χ2n) is 4.90. The number of rotatable bonds is 10. The highest BCUT2D eigenvalue weighted by molar-refractivity contribution is 5.94. The van der Waals surface area contributed by atoms with Crippen molar-refractivity contribution in [2.24, 2.45) is 0 Å². The maximum atomic E-state index is 11.8. The fourth-order valence-corrected chi connectivity index (χ4v) is 1.98. The van der Waals surface area contributed by atoms with Gasteiger partial charge in [-0.15, -0.1) is 0 Å². The Balaban J connectivity index is 2.09. The summed E-state index contributed by atoms with van der Waals surface area (Å²) in [7, 11) is 1.59. The molecular weight excluding hydrogens is 270 g/mol. The van der Waals surface area contributed by atoms with E-state index >= 15 is 0 Å². The number of nitrogens with one attached hydrogen (secondary N) is 1. The van der Waals surface area contributed by atoms with Crippen LogP contribution < -0.4 is 10.1 Å². The fourth-order valence-electron chi connectivity index (χ4n) is 1.98. The average molecular weight is 293 g/mol. The summed E-state index contributed by atoms with van der Waals surface area (Å²) in [5.41, 5.74) is 0.622. The van der Waals surface area contributed by atoms with Gasteiger partial charge in [-0.2, -0.15) is 0 Å². The third-order valence-corrected chi connectivity index (χ3v) is 3.21. The molecule has 21 heavy (non-hydrogen) atoms. The van der Waals surface area contributed by atoms with Gasteiger partial charge in [-0.05, 0) is 37.1 Å². The fraction of sp³-hybridized carbons (Fsp3) is 0.500. The first kappa shape index (κ1) is 17.0. The molecule has 0 aliphatic heterocycles. The molecular formula is C16H23NO4. The third-order valence-electron chi connectivity index (χ3n) is 3.21. The smallest absolute Gasteiger partial charge is 0.303 e. The lowest BCUT2D eigenvalue weighted by atomic mass is 10.1. The van der Waals surface area contributed by atoms with Crippen LogP contribution in [0.15, 0.2) is 24.3 Å². The van der Waals surface area contributed by atoms with Crippen molar-refractivity contribution < 1.29 is 19.4 Å². The number of carboxylic acids is 1. The quantitative estimate of drug-likeness (QED) is 0.650. The van der Waals surface area contributed by atoms with Crippen LogP contribution in [0.5, 0.6) is 5.75 Å². The van der Waals surface area contributed by atoms with Crippen LogP contribution in [0.3, 0.4) is 0 Å². The second-order valence-corrected chi connectivity index (χ2v) is 4.90. The summed E-state index contributed by atoms with van der Waals surface area (Å²) in [6, 6.07) is 6.99. The van der Waals surface area contributed by atoms with E-state index in [2.05, 4.69) is 5.32 Å². The zero-order valence-corrected chi connectivity index (χ0v) is 12.4. The van der Waals surface area contributed by atoms with Crippen molar-refractivity contribution in [2.75, 3.05) is 13.7 Å². The predicted octanol–water partition coefficient (Wildman–Crippen LogP) is 2.85. The van der Waals surface area contributed by atoms with Crippen LogP contribution in [0.2, 0.25) is 0 Å². The Bertz CT molecular complexity index is 442. The maximum Gasteiger partial charge on any atom is 0.303 e. The Morgan fingerprint density at radius 1 is 1.05 bits per heavy atom. The lowest BCUT2D eigenvalue weighted by Gasteiger charge is -2.06. The zero-order valence-electron chi connectivity index (χ0n) is 12.4. The predicted molar refractivity (Wildman–Crippen MR) is 80.7 cm³/mol. The number of hydrogen-bond acceptors (Lipinski definition) is 3. The van der Waals surface area contributed by atoms with Crippen molar-refractivity contribution in [2.45, 2.75) is 38.5 Å². The average Bonchev–Trinajstić information content (AvgIpc) is 2.49. The molecule has 0 aromatic heterocycles. The number of ether oxygens (including phenoxy) is 1. The first-order valence-corrected chi connectivity index (χ1v) is 7.27. The number of carboxylic acid groups (broad SMARTS) is 1. The molecule has 0 bridgehead atoms. The first-order valence-electron chi connectivity index (χ1n) is 7.27. The summed E-state index contributed by atoms with van der Waals surface area (Å²) < 4.78 is 5.04. The third kappa shape index (κ3) is 7.34. The van der Waals surface area contributed by atoms with E-state index in [1.165, 1.54) is 0 Å². The summed E-state index contributed by atoms with van der Waals surface area (Å²) in [5, 5.41) is 11.4. The van der Waals surface area contributed by atoms with Crippen molar-refractivity contribution in [1.29, 1.82) is 0 Å². The van der Waals surface area contributed by atoms with Crippen LogP contribution in [0.1, 0.15) is 48.9 Å². The number of carbonyl (C=O) groups is 2. The molecule has 0 unspecified atom stereocenters. The number of unbranched alkanes of at least 4 members (excludes halogenated alkanes) is 4. The summed E-state index contributed by atoms with van der Waals surface area (Å²) in [4.78, 5) is 22.2. The minimum absolute atomic E-state index is 0.0801. The highest BCUT2D eigenvalue weighted by Crippen LogP contribution is 2.11. The summed E-state index contributed by atoms with van der Waals surface area (Å²) in [6.45, 7) is 0.643. The zero-order chi connectivity index (χ0) is 15.5. The van der Waals surface area contributed by atoms with Crippen LogP contribution in [0, 0.1) is 0 Å². The normalized spacial score (nSPS) is 10.1. The van der Waals surface area contributed by atoms with Crippen molar-refractivity contribution in [3.63, 3.8) is 0 Å². The Morgan fingerprint density at radius 2 is 1.67 bits per heavy atom. The maximum absolute atomic E-state index is 11.8. The Kier molecular flexibility index (Phi) is 7.94. The molecule has 0 radical (unpaired) electrons. The topological polar surface area (TPSA) is 75.6 Å². The van der Waals surface area contributed by atoms with Crippen molar-refractivity contribution in [1.82, 2.24) is 5.32 Å². The molecule has 0 fully saturated rings. The van der Waals surface area contributed by atoms with Gasteiger partial charge in [0.1, 0.15) is 5.75 Å². The van der Waals surface area contributed by atoms with E-state index < -0.39 is 5.97 Å². The van der Waals surface area contributed by atoms with E-state index in [1.807, 2.05) is 0 Å². The molecule has 0 aliphatic carbocycles. The van der Waals surface area contributed by atoms with Crippen LogP contribution in [-0.4, -0.2) is 30.6 Å². The largest absolute Gasteiger partial charge is 0.497 e. The van der Waals surface area contributed by atoms with Gasteiger partial charge in [-0.1, -0.05) is 19.3 Å². The van der Waals surface area contributed by atoms with Crippen LogP contribution in [-0.2, 0) is 4.79 Å². The number of methoxy groups -OCH3 is 1. The monoisotopic (exact) mass is 293 g/mol. The van der Waals surface area contributed by atoms with Gasteiger partial charge >= 0.3 is 5.97 Å². The molecule has 1 rings (SSSR count). The summed E-state index contributed by atoms with van der Waals surface area (Å²) >= 11 is 0. The van der Waals surface area contributed by atoms with Crippen molar-refractivity contribution >= 4 is 11.9 Å². The highest BCUT2D eigenvalue weighted by Gasteiger charge is 2.04. The Morgan fingerprint density at radius 3 is 2.29 bits per heavy atom. The molecule has 2 N–H and O–H groups in total. The van der Waals surface area contributed by atoms with Gasteiger partial charge in [-0.3, -0.25) is 9.59 Å². The van der Waals surface area contributed by atoms with Crippen molar-refractivity contribution in [3.05, 3.63) is 29.8 Å². The van der Waals surface area contributed by atoms with Gasteiger partial charge < -0.3 is 15.2 Å². The SMILES string of the molecule is COc1ccc(C(=O)NCCCCCCCC(=O)O)cc1. The minimum atomic E-state index is -0.734. The van der Waals surface area contributed by atoms with E-state index in [1.54, 1.807) is 31.4 Å². The number of hydrogen-bond donors (Lipinski definition) is 2. The second kappa shape index (κ2) is 9.80. The van der Waals surface area contributed by atoms with Crippen molar-refractivity contribution in [3.8, 4) is 5.75 Å². The van der Waals surface area contributed by atoms with Gasteiger partial charge in [0.15, 0.2) is 0 Å². The van der Waals surface area contributed by atoms with Crippen LogP contribution >= 0.6 is 0 Å². The van der Waals surface area contributed by atoms with Gasteiger partial charge in [0.05, 0.1) is 7.11 Å². The Labute approximate surface area is 125 Å². The molecule has 1 amide bonds. The van der Waals surface area contributed by atoms with Gasteiger partial charge in [0, 0.05) is 18.5 Å². The minimum Gasteiger partial charge on any atom is -0.497 e. The lowest BCUT2D eigenvalue weighted by molar-refractivity contribution is -0.137. The standard InChI is InChI=1S/C16H23NO4/c1-21-14-10-8-13(9-11-14)16(20)17-12-6-4-2-3-5-7-15(18)19/h8-11H,2-7,12H2,1H3,(H,17,20)(H,18,19). The van der Waals surface area contributed by atoms with E-state index in [4.69, 9.17) is 9.84 Å². The van der Waals surface area contributed by atoms with Gasteiger partial charge in [-0.25, -0.2) is 0 Å². The van der Waals surface area contributed by atoms with Gasteiger partial charge in [0.2, 0.25) is 0 Å². The summed E-state index contributed by atoms with van der Waals surface area (Å²) in [6.07, 6.45) is 4.82. The Hall–Kier alpha value is -2.04. The van der Waals surface area contributed by atoms with E-state index in [-0.39, 0.29) is 12.3 Å². The molecule has 5 heteroatoms. The molecule has 116 valence electrons. The van der Waals surface area contributed by atoms with E-state index in [0.29, 0.717) is 12.1 Å². The van der Waals surface area contributed by atoms with Crippen LogP contribution in [0.25, 0.3) is 0 Å². The molecule has 1 aromatic carbocycles. The number of carbonyl (C=O) groups excluding carboxylic acids is 1. The molecule has 0 saturated carbocycles. The molecule has 0 saturated heterocycles. The summed E-state index contributed by atoms with van der Waals surface area (Å²) in [5.74, 6) is -0.0850. The lowest BCUT2D eigenvalue weighted by Crippen LogP contribution is -2.24. The molecule has 1 aromatic rings. The number of aliphatic carboxylic acids is 1. The number of amides is 1.